The Balaban J connectivity index is 1.82. The Morgan fingerprint density at radius 2 is 2.33 bits per heavy atom. The molecule has 1 fully saturated rings. The molecule has 3 rings (SSSR count). The van der Waals surface area contributed by atoms with Gasteiger partial charge in [0.05, 0.1) is 0 Å². The molecule has 0 amide bonds. The number of nitrogens with two attached hydrogens (primary N) is 1. The Morgan fingerprint density at radius 1 is 1.48 bits per heavy atom. The second-order valence-electron chi connectivity index (χ2n) is 6.03. The summed E-state index contributed by atoms with van der Waals surface area (Å²) in [4.78, 5) is 6.90. The van der Waals surface area contributed by atoms with Crippen molar-refractivity contribution >= 4 is 28.5 Å². The highest BCUT2D eigenvalue weighted by atomic mass is 127. The summed E-state index contributed by atoms with van der Waals surface area (Å²) in [5.74, 6) is 1.60. The Hall–Kier alpha value is -1.15. The van der Waals surface area contributed by atoms with Crippen molar-refractivity contribution < 1.29 is 0 Å². The molecule has 5 nitrogen and oxygen atoms in total. The van der Waals surface area contributed by atoms with E-state index in [-0.39, 0.29) is 5.41 Å². The fraction of sp³-hybridized carbons (Fsp3) is 0.467. The zero-order valence-electron chi connectivity index (χ0n) is 12.1. The molecule has 0 spiro atoms. The maximum atomic E-state index is 5.91. The highest BCUT2D eigenvalue weighted by molar-refractivity contribution is 14.1. The van der Waals surface area contributed by atoms with Gasteiger partial charge in [0, 0.05) is 22.2 Å². The van der Waals surface area contributed by atoms with E-state index in [4.69, 9.17) is 5.73 Å². The molecule has 0 aliphatic carbocycles. The van der Waals surface area contributed by atoms with Crippen LogP contribution in [0.4, 0.5) is 5.95 Å². The number of hydrogen-bond acceptors (Lipinski definition) is 4. The highest BCUT2D eigenvalue weighted by Gasteiger charge is 2.31. The number of H-pyrrole nitrogens is 1. The molecule has 21 heavy (non-hydrogen) atoms. The van der Waals surface area contributed by atoms with Crippen LogP contribution in [-0.4, -0.2) is 34.8 Å². The van der Waals surface area contributed by atoms with E-state index < -0.39 is 0 Å². The van der Waals surface area contributed by atoms with Gasteiger partial charge in [0.2, 0.25) is 5.95 Å². The molecule has 0 bridgehead atoms. The van der Waals surface area contributed by atoms with Crippen LogP contribution in [0.2, 0.25) is 0 Å². The van der Waals surface area contributed by atoms with Crippen molar-refractivity contribution in [3.05, 3.63) is 27.8 Å². The molecule has 1 unspecified atom stereocenters. The molecule has 1 atom stereocenters. The number of anilines is 1. The monoisotopic (exact) mass is 397 g/mol. The minimum atomic E-state index is 0.168. The lowest BCUT2D eigenvalue weighted by atomic mass is 9.82. The molecule has 1 aliphatic heterocycles. The van der Waals surface area contributed by atoms with Crippen LogP contribution in [0.3, 0.4) is 0 Å². The molecule has 112 valence electrons. The minimum Gasteiger partial charge on any atom is -0.339 e. The standard InChI is InChI=1S/C15H20IN5/c1-15(9-17)6-3-7-21(10-15)14-18-13(19-20-14)11-4-2-5-12(16)8-11/h2,4-5,8H,3,6-7,9-10,17H2,1H3,(H,18,19,20). The third-order valence-corrected chi connectivity index (χ3v) is 4.80. The van der Waals surface area contributed by atoms with Crippen LogP contribution in [0, 0.1) is 8.99 Å². The molecule has 2 aromatic rings. The van der Waals surface area contributed by atoms with Crippen LogP contribution in [0.25, 0.3) is 11.4 Å². The van der Waals surface area contributed by atoms with Gasteiger partial charge in [-0.2, -0.15) is 4.98 Å². The van der Waals surface area contributed by atoms with Crippen molar-refractivity contribution in [1.82, 2.24) is 15.2 Å². The van der Waals surface area contributed by atoms with Crippen LogP contribution in [0.5, 0.6) is 0 Å². The van der Waals surface area contributed by atoms with Gasteiger partial charge in [-0.25, -0.2) is 0 Å². The molecule has 1 aromatic heterocycles. The molecule has 1 aromatic carbocycles. The van der Waals surface area contributed by atoms with Gasteiger partial charge >= 0.3 is 0 Å². The summed E-state index contributed by atoms with van der Waals surface area (Å²) in [6.07, 6.45) is 2.31. The van der Waals surface area contributed by atoms with Gasteiger partial charge < -0.3 is 10.6 Å². The Bertz CT molecular complexity index is 626. The van der Waals surface area contributed by atoms with E-state index >= 15 is 0 Å². The second kappa shape index (κ2) is 5.92. The first-order chi connectivity index (χ1) is 10.1. The summed E-state index contributed by atoms with van der Waals surface area (Å²) in [6, 6.07) is 8.25. The van der Waals surface area contributed by atoms with E-state index in [9.17, 15) is 0 Å². The number of hydrogen-bond donors (Lipinski definition) is 2. The summed E-state index contributed by atoms with van der Waals surface area (Å²) in [5, 5.41) is 7.45. The predicted molar refractivity (Wildman–Crippen MR) is 93.1 cm³/mol. The van der Waals surface area contributed by atoms with Gasteiger partial charge in [0.15, 0.2) is 5.82 Å². The number of rotatable bonds is 3. The van der Waals surface area contributed by atoms with E-state index in [1.54, 1.807) is 0 Å². The van der Waals surface area contributed by atoms with Crippen molar-refractivity contribution in [2.24, 2.45) is 11.1 Å². The molecule has 1 aliphatic rings. The summed E-state index contributed by atoms with van der Waals surface area (Å²) in [7, 11) is 0. The summed E-state index contributed by atoms with van der Waals surface area (Å²) < 4.78 is 1.19. The molecule has 6 heteroatoms. The van der Waals surface area contributed by atoms with E-state index in [0.29, 0.717) is 6.54 Å². The van der Waals surface area contributed by atoms with E-state index in [1.165, 1.54) is 9.99 Å². The summed E-state index contributed by atoms with van der Waals surface area (Å²) in [5.41, 5.74) is 7.15. The van der Waals surface area contributed by atoms with Gasteiger partial charge in [0.25, 0.3) is 0 Å². The topological polar surface area (TPSA) is 70.8 Å². The lowest BCUT2D eigenvalue weighted by Gasteiger charge is -2.39. The smallest absolute Gasteiger partial charge is 0.245 e. The van der Waals surface area contributed by atoms with Gasteiger partial charge in [-0.3, -0.25) is 5.10 Å². The third kappa shape index (κ3) is 3.21. The predicted octanol–water partition coefficient (Wildman–Crippen LogP) is 2.64. The molecule has 0 radical (unpaired) electrons. The molecular weight excluding hydrogens is 377 g/mol. The normalized spacial score (nSPS) is 22.5. The zero-order valence-corrected chi connectivity index (χ0v) is 14.3. The van der Waals surface area contributed by atoms with Crippen LogP contribution < -0.4 is 10.6 Å². The first-order valence-electron chi connectivity index (χ1n) is 7.23. The van der Waals surface area contributed by atoms with Gasteiger partial charge in [0.1, 0.15) is 0 Å². The van der Waals surface area contributed by atoms with Crippen molar-refractivity contribution in [3.63, 3.8) is 0 Å². The van der Waals surface area contributed by atoms with Crippen LogP contribution in [0.15, 0.2) is 24.3 Å². The van der Waals surface area contributed by atoms with Crippen molar-refractivity contribution in [1.29, 1.82) is 0 Å². The number of aromatic amines is 1. The van der Waals surface area contributed by atoms with Gasteiger partial charge in [-0.1, -0.05) is 19.1 Å². The van der Waals surface area contributed by atoms with Gasteiger partial charge in [-0.15, -0.1) is 5.10 Å². The van der Waals surface area contributed by atoms with Crippen molar-refractivity contribution in [3.8, 4) is 11.4 Å². The largest absolute Gasteiger partial charge is 0.339 e. The molecule has 1 saturated heterocycles. The van der Waals surface area contributed by atoms with Crippen LogP contribution in [0.1, 0.15) is 19.8 Å². The number of piperidine rings is 1. The molecular formula is C15H20IN5. The van der Waals surface area contributed by atoms with Crippen molar-refractivity contribution in [2.45, 2.75) is 19.8 Å². The number of halogens is 1. The van der Waals surface area contributed by atoms with Gasteiger partial charge in [-0.05, 0) is 59.5 Å². The van der Waals surface area contributed by atoms with E-state index in [2.05, 4.69) is 61.7 Å². The van der Waals surface area contributed by atoms with E-state index in [0.717, 1.165) is 36.8 Å². The quantitative estimate of drug-likeness (QED) is 0.782. The number of benzene rings is 1. The van der Waals surface area contributed by atoms with Crippen LogP contribution >= 0.6 is 22.6 Å². The zero-order chi connectivity index (χ0) is 14.9. The molecule has 3 N–H and O–H groups in total. The lowest BCUT2D eigenvalue weighted by Crippen LogP contribution is -2.46. The van der Waals surface area contributed by atoms with Crippen LogP contribution in [-0.2, 0) is 0 Å². The Morgan fingerprint density at radius 3 is 3.10 bits per heavy atom. The first kappa shape index (κ1) is 14.8. The van der Waals surface area contributed by atoms with Crippen molar-refractivity contribution in [2.75, 3.05) is 24.5 Å². The first-order valence-corrected chi connectivity index (χ1v) is 8.31. The average Bonchev–Trinajstić information content (AvgIpc) is 2.97. The average molecular weight is 397 g/mol. The van der Waals surface area contributed by atoms with E-state index in [1.807, 2.05) is 12.1 Å². The Kier molecular flexibility index (Phi) is 4.17. The molecule has 2 heterocycles. The fourth-order valence-electron chi connectivity index (χ4n) is 2.81. The highest BCUT2D eigenvalue weighted by Crippen LogP contribution is 2.30. The number of nitrogens with one attached hydrogen (secondary N) is 1. The third-order valence-electron chi connectivity index (χ3n) is 4.13. The fourth-order valence-corrected chi connectivity index (χ4v) is 3.36. The minimum absolute atomic E-state index is 0.168. The molecule has 0 saturated carbocycles. The second-order valence-corrected chi connectivity index (χ2v) is 7.28. The lowest BCUT2D eigenvalue weighted by molar-refractivity contribution is 0.270. The summed E-state index contributed by atoms with van der Waals surface area (Å²) in [6.45, 7) is 4.87. The maximum Gasteiger partial charge on any atom is 0.245 e. The maximum absolute atomic E-state index is 5.91. The SMILES string of the molecule is CC1(CN)CCCN(c2n[nH]c(-c3cccc(I)c3)n2)C1. The Labute approximate surface area is 138 Å². The number of nitrogens with zero attached hydrogens (tertiary/aromatic N) is 3. The number of aromatic nitrogens is 3. The summed E-state index contributed by atoms with van der Waals surface area (Å²) >= 11 is 2.31.